The van der Waals surface area contributed by atoms with Crippen LogP contribution in [0.15, 0.2) is 36.4 Å². The molecule has 2 N–H and O–H groups in total. The first-order valence-electron chi connectivity index (χ1n) is 7.17. The van der Waals surface area contributed by atoms with Gasteiger partial charge in [-0.2, -0.15) is 0 Å². The van der Waals surface area contributed by atoms with Crippen molar-refractivity contribution in [2.75, 3.05) is 6.54 Å². The molecule has 20 heavy (non-hydrogen) atoms. The number of hydrogen-bond acceptors (Lipinski definition) is 2. The molecule has 0 spiro atoms. The van der Waals surface area contributed by atoms with Gasteiger partial charge in [0.2, 0.25) is 0 Å². The Kier molecular flexibility index (Phi) is 5.03. The van der Waals surface area contributed by atoms with Gasteiger partial charge in [0.25, 0.3) is 0 Å². The normalized spacial score (nSPS) is 10.4. The molecule has 0 aliphatic carbocycles. The Balaban J connectivity index is 2.52. The van der Waals surface area contributed by atoms with E-state index >= 15 is 0 Å². The lowest BCUT2D eigenvalue weighted by atomic mass is 10.0. The summed E-state index contributed by atoms with van der Waals surface area (Å²) < 4.78 is 6.11. The zero-order chi connectivity index (χ0) is 14.4. The lowest BCUT2D eigenvalue weighted by Crippen LogP contribution is -2.14. The van der Waals surface area contributed by atoms with Crippen LogP contribution in [-0.2, 0) is 0 Å². The van der Waals surface area contributed by atoms with Crippen LogP contribution >= 0.6 is 0 Å². The summed E-state index contributed by atoms with van der Waals surface area (Å²) in [6.45, 7) is 4.63. The van der Waals surface area contributed by atoms with Crippen molar-refractivity contribution in [3.63, 3.8) is 0 Å². The number of rotatable bonds is 4. The second-order valence-electron chi connectivity index (χ2n) is 4.72. The first-order chi connectivity index (χ1) is 9.80. The van der Waals surface area contributed by atoms with Crippen LogP contribution in [0.25, 0.3) is 10.8 Å². The molecule has 2 aromatic rings. The van der Waals surface area contributed by atoms with Crippen molar-refractivity contribution in [1.29, 1.82) is 0 Å². The van der Waals surface area contributed by atoms with Crippen molar-refractivity contribution in [3.05, 3.63) is 42.0 Å². The smallest absolute Gasteiger partial charge is 0.135 e. The van der Waals surface area contributed by atoms with E-state index in [-0.39, 0.29) is 6.10 Å². The van der Waals surface area contributed by atoms with Crippen LogP contribution in [0.2, 0.25) is 0 Å². The molecule has 104 valence electrons. The average molecular weight is 267 g/mol. The minimum Gasteiger partial charge on any atom is -0.489 e. The van der Waals surface area contributed by atoms with Gasteiger partial charge < -0.3 is 10.5 Å². The number of nitrogens with two attached hydrogens (primary N) is 1. The highest BCUT2D eigenvalue weighted by molar-refractivity contribution is 5.90. The number of fused-ring (bicyclic) bond motifs is 1. The molecule has 0 aromatic heterocycles. The van der Waals surface area contributed by atoms with Crippen LogP contribution in [0, 0.1) is 11.8 Å². The number of ether oxygens (including phenoxy) is 1. The lowest BCUT2D eigenvalue weighted by molar-refractivity contribution is 0.192. The Labute approximate surface area is 120 Å². The van der Waals surface area contributed by atoms with E-state index in [1.807, 2.05) is 18.2 Å². The van der Waals surface area contributed by atoms with E-state index in [2.05, 4.69) is 43.9 Å². The molecule has 0 heterocycles. The standard InChI is InChI=1S/C18H21NO/c1-3-15(4-2)20-18-12-11-14-8-5-6-9-16(14)17(18)10-7-13-19/h5-6,8-9,11-12,15H,3-4,13,19H2,1-2H3. The first kappa shape index (κ1) is 14.4. The van der Waals surface area contributed by atoms with Crippen LogP contribution < -0.4 is 10.5 Å². The van der Waals surface area contributed by atoms with Gasteiger partial charge in [0.15, 0.2) is 0 Å². The fourth-order valence-corrected chi connectivity index (χ4v) is 2.25. The molecule has 2 rings (SSSR count). The van der Waals surface area contributed by atoms with Crippen molar-refractivity contribution in [3.8, 4) is 17.6 Å². The molecular weight excluding hydrogens is 246 g/mol. The molecule has 0 amide bonds. The average Bonchev–Trinajstić information content (AvgIpc) is 2.51. The zero-order valence-corrected chi connectivity index (χ0v) is 12.1. The molecule has 2 aromatic carbocycles. The Morgan fingerprint density at radius 2 is 1.85 bits per heavy atom. The topological polar surface area (TPSA) is 35.2 Å². The van der Waals surface area contributed by atoms with Gasteiger partial charge in [-0.3, -0.25) is 0 Å². The van der Waals surface area contributed by atoms with E-state index in [1.165, 1.54) is 5.39 Å². The SMILES string of the molecule is CCC(CC)Oc1ccc2ccccc2c1C#CCN. The maximum absolute atomic E-state index is 6.11. The molecule has 0 saturated heterocycles. The third-order valence-electron chi connectivity index (χ3n) is 3.41. The van der Waals surface area contributed by atoms with Gasteiger partial charge in [0, 0.05) is 5.39 Å². The lowest BCUT2D eigenvalue weighted by Gasteiger charge is -2.18. The van der Waals surface area contributed by atoms with Gasteiger partial charge in [-0.05, 0) is 24.3 Å². The molecule has 2 nitrogen and oxygen atoms in total. The molecule has 0 unspecified atom stereocenters. The van der Waals surface area contributed by atoms with E-state index in [9.17, 15) is 0 Å². The third-order valence-corrected chi connectivity index (χ3v) is 3.41. The largest absolute Gasteiger partial charge is 0.489 e. The van der Waals surface area contributed by atoms with Crippen LogP contribution in [0.3, 0.4) is 0 Å². The summed E-state index contributed by atoms with van der Waals surface area (Å²) in [6, 6.07) is 12.3. The fraction of sp³-hybridized carbons (Fsp3) is 0.333. The second-order valence-corrected chi connectivity index (χ2v) is 4.72. The van der Waals surface area contributed by atoms with Crippen LogP contribution in [-0.4, -0.2) is 12.6 Å². The zero-order valence-electron chi connectivity index (χ0n) is 12.1. The van der Waals surface area contributed by atoms with E-state index in [0.717, 1.165) is 29.5 Å². The highest BCUT2D eigenvalue weighted by Gasteiger charge is 2.11. The van der Waals surface area contributed by atoms with Gasteiger partial charge in [0.05, 0.1) is 18.2 Å². The summed E-state index contributed by atoms with van der Waals surface area (Å²) in [5.41, 5.74) is 6.45. The van der Waals surface area contributed by atoms with Gasteiger partial charge in [-0.15, -0.1) is 0 Å². The summed E-state index contributed by atoms with van der Waals surface area (Å²) >= 11 is 0. The molecule has 2 heteroatoms. The summed E-state index contributed by atoms with van der Waals surface area (Å²) in [6.07, 6.45) is 2.22. The van der Waals surface area contributed by atoms with Gasteiger partial charge in [0.1, 0.15) is 5.75 Å². The van der Waals surface area contributed by atoms with E-state index in [0.29, 0.717) is 6.54 Å². The minimum atomic E-state index is 0.231. The van der Waals surface area contributed by atoms with E-state index in [4.69, 9.17) is 10.5 Å². The quantitative estimate of drug-likeness (QED) is 0.857. The summed E-state index contributed by atoms with van der Waals surface area (Å²) in [7, 11) is 0. The molecule has 0 aliphatic heterocycles. The van der Waals surface area contributed by atoms with Crippen molar-refractivity contribution >= 4 is 10.8 Å². The molecule has 0 fully saturated rings. The van der Waals surface area contributed by atoms with E-state index in [1.54, 1.807) is 0 Å². The van der Waals surface area contributed by atoms with Crippen molar-refractivity contribution < 1.29 is 4.74 Å². The third kappa shape index (κ3) is 3.12. The molecule has 0 atom stereocenters. The first-order valence-corrected chi connectivity index (χ1v) is 7.17. The summed E-state index contributed by atoms with van der Waals surface area (Å²) in [5, 5.41) is 2.29. The van der Waals surface area contributed by atoms with Gasteiger partial charge >= 0.3 is 0 Å². The van der Waals surface area contributed by atoms with Crippen LogP contribution in [0.1, 0.15) is 32.3 Å². The highest BCUT2D eigenvalue weighted by Crippen LogP contribution is 2.28. The minimum absolute atomic E-state index is 0.231. The predicted molar refractivity (Wildman–Crippen MR) is 84.9 cm³/mol. The number of hydrogen-bond donors (Lipinski definition) is 1. The fourth-order valence-electron chi connectivity index (χ4n) is 2.25. The monoisotopic (exact) mass is 267 g/mol. The Bertz CT molecular complexity index is 633. The molecule has 0 saturated carbocycles. The second kappa shape index (κ2) is 6.98. The Morgan fingerprint density at radius 3 is 2.55 bits per heavy atom. The molecule has 0 aliphatic rings. The van der Waals surface area contributed by atoms with Gasteiger partial charge in [-0.25, -0.2) is 0 Å². The summed E-state index contributed by atoms with van der Waals surface area (Å²) in [5.74, 6) is 6.97. The molecule has 0 bridgehead atoms. The number of benzene rings is 2. The summed E-state index contributed by atoms with van der Waals surface area (Å²) in [4.78, 5) is 0. The van der Waals surface area contributed by atoms with Crippen LogP contribution in [0.4, 0.5) is 0 Å². The van der Waals surface area contributed by atoms with Gasteiger partial charge in [-0.1, -0.05) is 56.0 Å². The van der Waals surface area contributed by atoms with Crippen molar-refractivity contribution in [2.24, 2.45) is 5.73 Å². The Hall–Kier alpha value is -1.98. The molecular formula is C18H21NO. The Morgan fingerprint density at radius 1 is 1.10 bits per heavy atom. The van der Waals surface area contributed by atoms with Crippen LogP contribution in [0.5, 0.6) is 5.75 Å². The molecule has 0 radical (unpaired) electrons. The van der Waals surface area contributed by atoms with Crippen molar-refractivity contribution in [2.45, 2.75) is 32.8 Å². The predicted octanol–water partition coefficient (Wildman–Crippen LogP) is 3.72. The van der Waals surface area contributed by atoms with E-state index < -0.39 is 0 Å². The maximum Gasteiger partial charge on any atom is 0.135 e. The maximum atomic E-state index is 6.11. The van der Waals surface area contributed by atoms with Crippen molar-refractivity contribution in [1.82, 2.24) is 0 Å². The highest BCUT2D eigenvalue weighted by atomic mass is 16.5.